The number of anilines is 1. The van der Waals surface area contributed by atoms with Crippen molar-refractivity contribution < 1.29 is 14.5 Å². The van der Waals surface area contributed by atoms with E-state index in [9.17, 15) is 14.9 Å². The summed E-state index contributed by atoms with van der Waals surface area (Å²) in [5, 5.41) is 16.6. The van der Waals surface area contributed by atoms with Crippen LogP contribution in [0.1, 0.15) is 20.3 Å². The lowest BCUT2D eigenvalue weighted by Crippen LogP contribution is -2.30. The van der Waals surface area contributed by atoms with Gasteiger partial charge in [0.05, 0.1) is 12.0 Å². The van der Waals surface area contributed by atoms with E-state index < -0.39 is 4.92 Å². The van der Waals surface area contributed by atoms with E-state index >= 15 is 0 Å². The summed E-state index contributed by atoms with van der Waals surface area (Å²) in [7, 11) is 1.36. The average Bonchev–Trinajstić information content (AvgIpc) is 2.38. The Morgan fingerprint density at radius 1 is 1.50 bits per heavy atom. The smallest absolute Gasteiger partial charge is 0.312 e. The van der Waals surface area contributed by atoms with E-state index in [1.54, 1.807) is 6.07 Å². The molecule has 0 saturated carbocycles. The number of rotatable bonds is 7. The maximum atomic E-state index is 11.8. The molecule has 0 spiro atoms. The van der Waals surface area contributed by atoms with Gasteiger partial charge in [0.2, 0.25) is 5.91 Å². The first kappa shape index (κ1) is 15.9. The Balaban J connectivity index is 2.75. The molecule has 1 aromatic rings. The number of nitrogens with one attached hydrogen (secondary N) is 2. The minimum Gasteiger partial charge on any atom is -0.490 e. The van der Waals surface area contributed by atoms with Gasteiger partial charge in [0.25, 0.3) is 0 Å². The second-order valence-corrected chi connectivity index (χ2v) is 4.35. The van der Waals surface area contributed by atoms with Crippen LogP contribution >= 0.6 is 0 Å². The highest BCUT2D eigenvalue weighted by molar-refractivity contribution is 5.91. The van der Waals surface area contributed by atoms with Crippen molar-refractivity contribution in [3.05, 3.63) is 28.3 Å². The minimum absolute atomic E-state index is 0.0493. The van der Waals surface area contributed by atoms with E-state index in [4.69, 9.17) is 4.74 Å². The highest BCUT2D eigenvalue weighted by atomic mass is 16.6. The molecule has 2 N–H and O–H groups in total. The summed E-state index contributed by atoms with van der Waals surface area (Å²) in [5.41, 5.74) is 0.205. The number of carbonyl (C=O) groups excluding carboxylic acids is 1. The van der Waals surface area contributed by atoms with Crippen LogP contribution in [-0.4, -0.2) is 30.5 Å². The van der Waals surface area contributed by atoms with Gasteiger partial charge in [-0.05, 0) is 25.6 Å². The predicted molar refractivity (Wildman–Crippen MR) is 76.0 cm³/mol. The largest absolute Gasteiger partial charge is 0.490 e. The summed E-state index contributed by atoms with van der Waals surface area (Å²) in [6, 6.07) is 4.37. The summed E-state index contributed by atoms with van der Waals surface area (Å²) in [6.07, 6.45) is 0.299. The standard InChI is InChI=1S/C13H19N3O4/c1-4-14-9(2)7-13(17)15-10-5-6-12(20-3)11(8-10)16(18)19/h5-6,8-9,14H,4,7H2,1-3H3,(H,15,17). The summed E-state index contributed by atoms with van der Waals surface area (Å²) in [5.74, 6) is -0.0352. The second-order valence-electron chi connectivity index (χ2n) is 4.35. The molecule has 0 aliphatic carbocycles. The number of carbonyl (C=O) groups is 1. The lowest BCUT2D eigenvalue weighted by Gasteiger charge is -2.12. The van der Waals surface area contributed by atoms with Gasteiger partial charge in [0.1, 0.15) is 0 Å². The molecule has 0 saturated heterocycles. The molecule has 20 heavy (non-hydrogen) atoms. The van der Waals surface area contributed by atoms with Crippen molar-refractivity contribution in [2.75, 3.05) is 19.0 Å². The van der Waals surface area contributed by atoms with Gasteiger partial charge in [-0.2, -0.15) is 0 Å². The van der Waals surface area contributed by atoms with E-state index in [0.717, 1.165) is 6.54 Å². The highest BCUT2D eigenvalue weighted by Crippen LogP contribution is 2.29. The minimum atomic E-state index is -0.546. The topological polar surface area (TPSA) is 93.5 Å². The molecule has 1 rings (SSSR count). The highest BCUT2D eigenvalue weighted by Gasteiger charge is 2.16. The van der Waals surface area contributed by atoms with Gasteiger partial charge in [0, 0.05) is 24.2 Å². The number of hydrogen-bond donors (Lipinski definition) is 2. The first-order valence-electron chi connectivity index (χ1n) is 6.33. The Hall–Kier alpha value is -2.15. The van der Waals surface area contributed by atoms with Crippen molar-refractivity contribution in [2.24, 2.45) is 0 Å². The zero-order chi connectivity index (χ0) is 15.1. The van der Waals surface area contributed by atoms with E-state index in [1.807, 2.05) is 13.8 Å². The normalized spacial score (nSPS) is 11.8. The maximum absolute atomic E-state index is 11.8. The first-order valence-corrected chi connectivity index (χ1v) is 6.33. The molecule has 0 heterocycles. The van der Waals surface area contributed by atoms with Gasteiger partial charge in [-0.15, -0.1) is 0 Å². The third-order valence-electron chi connectivity index (χ3n) is 2.70. The number of hydrogen-bond acceptors (Lipinski definition) is 5. The number of amides is 1. The van der Waals surface area contributed by atoms with Crippen LogP contribution in [0, 0.1) is 10.1 Å². The fourth-order valence-electron chi connectivity index (χ4n) is 1.82. The molecule has 7 nitrogen and oxygen atoms in total. The van der Waals surface area contributed by atoms with Gasteiger partial charge >= 0.3 is 5.69 Å². The van der Waals surface area contributed by atoms with Crippen LogP contribution in [0.15, 0.2) is 18.2 Å². The van der Waals surface area contributed by atoms with Crippen LogP contribution in [0.4, 0.5) is 11.4 Å². The zero-order valence-electron chi connectivity index (χ0n) is 11.8. The van der Waals surface area contributed by atoms with Gasteiger partial charge in [-0.25, -0.2) is 0 Å². The zero-order valence-corrected chi connectivity index (χ0v) is 11.8. The third kappa shape index (κ3) is 4.51. The lowest BCUT2D eigenvalue weighted by molar-refractivity contribution is -0.385. The lowest BCUT2D eigenvalue weighted by atomic mass is 10.2. The summed E-state index contributed by atoms with van der Waals surface area (Å²) in [4.78, 5) is 22.1. The number of nitro groups is 1. The molecule has 7 heteroatoms. The monoisotopic (exact) mass is 281 g/mol. The van der Waals surface area contributed by atoms with Crippen molar-refractivity contribution in [2.45, 2.75) is 26.3 Å². The SMILES string of the molecule is CCNC(C)CC(=O)Nc1ccc(OC)c([N+](=O)[O-])c1. The Kier molecular flexibility index (Phi) is 5.92. The van der Waals surface area contributed by atoms with Crippen LogP contribution in [0.5, 0.6) is 5.75 Å². The van der Waals surface area contributed by atoms with Gasteiger partial charge in [0.15, 0.2) is 5.75 Å². The van der Waals surface area contributed by atoms with E-state index in [-0.39, 0.29) is 23.4 Å². The second kappa shape index (κ2) is 7.44. The Bertz CT molecular complexity index is 491. The Labute approximate surface area is 117 Å². The van der Waals surface area contributed by atoms with Gasteiger partial charge in [-0.1, -0.05) is 6.92 Å². The predicted octanol–water partition coefficient (Wildman–Crippen LogP) is 1.93. The molecular weight excluding hydrogens is 262 g/mol. The molecule has 1 unspecified atom stereocenters. The molecule has 110 valence electrons. The number of nitro benzene ring substituents is 1. The summed E-state index contributed by atoms with van der Waals surface area (Å²) < 4.78 is 4.90. The van der Waals surface area contributed by atoms with E-state index in [0.29, 0.717) is 12.1 Å². The maximum Gasteiger partial charge on any atom is 0.312 e. The molecule has 0 fully saturated rings. The molecule has 0 aromatic heterocycles. The molecule has 1 amide bonds. The fourth-order valence-corrected chi connectivity index (χ4v) is 1.82. The Morgan fingerprint density at radius 2 is 2.20 bits per heavy atom. The van der Waals surface area contributed by atoms with Crippen molar-refractivity contribution >= 4 is 17.3 Å². The molecule has 0 aliphatic heterocycles. The molecule has 1 aromatic carbocycles. The van der Waals surface area contributed by atoms with Crippen LogP contribution < -0.4 is 15.4 Å². The number of nitrogens with zero attached hydrogens (tertiary/aromatic N) is 1. The van der Waals surface area contributed by atoms with Crippen molar-refractivity contribution in [1.82, 2.24) is 5.32 Å². The van der Waals surface area contributed by atoms with Crippen molar-refractivity contribution in [1.29, 1.82) is 0 Å². The summed E-state index contributed by atoms with van der Waals surface area (Å²) >= 11 is 0. The Morgan fingerprint density at radius 3 is 2.75 bits per heavy atom. The third-order valence-corrected chi connectivity index (χ3v) is 2.70. The molecular formula is C13H19N3O4. The molecule has 0 bridgehead atoms. The summed E-state index contributed by atoms with van der Waals surface area (Å²) in [6.45, 7) is 4.64. The van der Waals surface area contributed by atoms with Crippen LogP contribution in [0.3, 0.4) is 0 Å². The van der Waals surface area contributed by atoms with Crippen molar-refractivity contribution in [3.8, 4) is 5.75 Å². The molecule has 1 atom stereocenters. The average molecular weight is 281 g/mol. The van der Waals surface area contributed by atoms with Crippen LogP contribution in [0.2, 0.25) is 0 Å². The molecule has 0 aliphatic rings. The first-order chi connectivity index (χ1) is 9.47. The van der Waals surface area contributed by atoms with Crippen LogP contribution in [-0.2, 0) is 4.79 Å². The number of ether oxygens (including phenoxy) is 1. The van der Waals surface area contributed by atoms with Crippen molar-refractivity contribution in [3.63, 3.8) is 0 Å². The fraction of sp³-hybridized carbons (Fsp3) is 0.462. The van der Waals surface area contributed by atoms with Gasteiger partial charge < -0.3 is 15.4 Å². The molecule has 0 radical (unpaired) electrons. The van der Waals surface area contributed by atoms with Gasteiger partial charge in [-0.3, -0.25) is 14.9 Å². The van der Waals surface area contributed by atoms with E-state index in [1.165, 1.54) is 19.2 Å². The van der Waals surface area contributed by atoms with Crippen LogP contribution in [0.25, 0.3) is 0 Å². The number of methoxy groups -OCH3 is 1. The number of benzene rings is 1. The van der Waals surface area contributed by atoms with E-state index in [2.05, 4.69) is 10.6 Å². The quantitative estimate of drug-likeness (QED) is 0.588.